The van der Waals surface area contributed by atoms with E-state index in [1.165, 1.54) is 11.8 Å². The number of ether oxygens (including phenoxy) is 1. The Bertz CT molecular complexity index is 552. The zero-order valence-electron chi connectivity index (χ0n) is 10.6. The molecule has 19 heavy (non-hydrogen) atoms. The molecule has 0 aliphatic carbocycles. The Labute approximate surface area is 115 Å². The summed E-state index contributed by atoms with van der Waals surface area (Å²) in [4.78, 5) is 12.7. The molecule has 0 aliphatic heterocycles. The highest BCUT2D eigenvalue weighted by Crippen LogP contribution is 2.28. The summed E-state index contributed by atoms with van der Waals surface area (Å²) in [5.74, 6) is 1.16. The summed E-state index contributed by atoms with van der Waals surface area (Å²) >= 11 is 1.52. The van der Waals surface area contributed by atoms with Gasteiger partial charge in [-0.25, -0.2) is 4.79 Å². The second-order valence-corrected chi connectivity index (χ2v) is 4.86. The minimum Gasteiger partial charge on any atom is -0.468 e. The van der Waals surface area contributed by atoms with Crippen LogP contribution in [0.4, 0.5) is 5.69 Å². The van der Waals surface area contributed by atoms with Crippen LogP contribution in [0.3, 0.4) is 0 Å². The molecule has 2 rings (SSSR count). The van der Waals surface area contributed by atoms with E-state index in [9.17, 15) is 4.79 Å². The van der Waals surface area contributed by atoms with E-state index in [0.29, 0.717) is 23.6 Å². The Morgan fingerprint density at radius 3 is 2.95 bits per heavy atom. The molecule has 0 saturated carbocycles. The van der Waals surface area contributed by atoms with Crippen molar-refractivity contribution in [3.63, 3.8) is 0 Å². The molecule has 0 atom stereocenters. The lowest BCUT2D eigenvalue weighted by molar-refractivity contribution is 0.0522. The Morgan fingerprint density at radius 2 is 2.26 bits per heavy atom. The van der Waals surface area contributed by atoms with Gasteiger partial charge >= 0.3 is 5.97 Å². The van der Waals surface area contributed by atoms with Gasteiger partial charge in [-0.3, -0.25) is 0 Å². The van der Waals surface area contributed by atoms with Crippen LogP contribution in [0.1, 0.15) is 23.0 Å². The molecule has 5 heteroatoms. The Balaban J connectivity index is 2.16. The van der Waals surface area contributed by atoms with Gasteiger partial charge in [0.25, 0.3) is 0 Å². The van der Waals surface area contributed by atoms with E-state index < -0.39 is 0 Å². The summed E-state index contributed by atoms with van der Waals surface area (Å²) in [5, 5.41) is 0. The van der Waals surface area contributed by atoms with Gasteiger partial charge in [-0.2, -0.15) is 0 Å². The number of nitrogens with two attached hydrogens (primary N) is 1. The lowest BCUT2D eigenvalue weighted by Crippen LogP contribution is -2.07. The lowest BCUT2D eigenvalue weighted by Gasteiger charge is -2.08. The number of rotatable bonds is 5. The van der Waals surface area contributed by atoms with E-state index in [0.717, 1.165) is 10.7 Å². The van der Waals surface area contributed by atoms with Crippen LogP contribution in [0.5, 0.6) is 0 Å². The number of thioether (sulfide) groups is 1. The van der Waals surface area contributed by atoms with E-state index in [-0.39, 0.29) is 5.97 Å². The maximum atomic E-state index is 11.9. The second-order valence-electron chi connectivity index (χ2n) is 3.84. The Hall–Kier alpha value is -1.88. The molecule has 1 aromatic carbocycles. The zero-order valence-corrected chi connectivity index (χ0v) is 11.4. The molecule has 0 unspecified atom stereocenters. The number of hydrogen-bond acceptors (Lipinski definition) is 5. The van der Waals surface area contributed by atoms with Crippen molar-refractivity contribution in [1.82, 2.24) is 0 Å². The lowest BCUT2D eigenvalue weighted by atomic mass is 10.2. The van der Waals surface area contributed by atoms with Gasteiger partial charge in [0.05, 0.1) is 24.2 Å². The van der Waals surface area contributed by atoms with Crippen molar-refractivity contribution in [2.24, 2.45) is 0 Å². The summed E-state index contributed by atoms with van der Waals surface area (Å²) < 4.78 is 10.3. The molecule has 100 valence electrons. The van der Waals surface area contributed by atoms with Gasteiger partial charge in [0.2, 0.25) is 0 Å². The van der Waals surface area contributed by atoms with Gasteiger partial charge in [0.1, 0.15) is 5.76 Å². The maximum absolute atomic E-state index is 11.9. The van der Waals surface area contributed by atoms with Crippen LogP contribution < -0.4 is 5.73 Å². The van der Waals surface area contributed by atoms with Crippen LogP contribution in [0.25, 0.3) is 0 Å². The van der Waals surface area contributed by atoms with Crippen molar-refractivity contribution >= 4 is 23.4 Å². The van der Waals surface area contributed by atoms with Gasteiger partial charge in [0, 0.05) is 10.6 Å². The smallest absolute Gasteiger partial charge is 0.339 e. The molecule has 0 radical (unpaired) electrons. The van der Waals surface area contributed by atoms with Crippen LogP contribution in [-0.2, 0) is 10.5 Å². The minimum atomic E-state index is -0.350. The number of anilines is 1. The van der Waals surface area contributed by atoms with E-state index in [2.05, 4.69) is 0 Å². The molecule has 0 saturated heterocycles. The third-order valence-corrected chi connectivity index (χ3v) is 3.54. The first-order valence-corrected chi connectivity index (χ1v) is 6.91. The summed E-state index contributed by atoms with van der Waals surface area (Å²) in [6.45, 7) is 2.12. The Morgan fingerprint density at radius 1 is 1.42 bits per heavy atom. The summed E-state index contributed by atoms with van der Waals surface area (Å²) in [6, 6.07) is 8.98. The van der Waals surface area contributed by atoms with E-state index >= 15 is 0 Å². The maximum Gasteiger partial charge on any atom is 0.339 e. The van der Waals surface area contributed by atoms with Crippen LogP contribution >= 0.6 is 11.8 Å². The summed E-state index contributed by atoms with van der Waals surface area (Å²) in [5.41, 5.74) is 6.76. The highest BCUT2D eigenvalue weighted by molar-refractivity contribution is 7.98. The van der Waals surface area contributed by atoms with Crippen molar-refractivity contribution in [2.45, 2.75) is 17.6 Å². The second kappa shape index (κ2) is 6.33. The highest BCUT2D eigenvalue weighted by Gasteiger charge is 2.13. The molecule has 1 heterocycles. The number of furan rings is 1. The SMILES string of the molecule is CCOC(=O)c1cc(N)ccc1SCc1ccco1. The molecular formula is C14H15NO3S. The number of nitrogen functional groups attached to an aromatic ring is 1. The Kier molecular flexibility index (Phi) is 4.52. The summed E-state index contributed by atoms with van der Waals surface area (Å²) in [7, 11) is 0. The molecular weight excluding hydrogens is 262 g/mol. The first-order chi connectivity index (χ1) is 9.20. The number of carbonyl (C=O) groups excluding carboxylic acids is 1. The fraction of sp³-hybridized carbons (Fsp3) is 0.214. The fourth-order valence-corrected chi connectivity index (χ4v) is 2.51. The zero-order chi connectivity index (χ0) is 13.7. The normalized spacial score (nSPS) is 10.4. The topological polar surface area (TPSA) is 65.5 Å². The van der Waals surface area contributed by atoms with Crippen molar-refractivity contribution in [1.29, 1.82) is 0 Å². The molecule has 4 nitrogen and oxygen atoms in total. The van der Waals surface area contributed by atoms with Crippen molar-refractivity contribution in [3.05, 3.63) is 47.9 Å². The molecule has 0 amide bonds. The van der Waals surface area contributed by atoms with Crippen LogP contribution in [0, 0.1) is 0 Å². The largest absolute Gasteiger partial charge is 0.468 e. The van der Waals surface area contributed by atoms with E-state index in [1.807, 2.05) is 18.2 Å². The van der Waals surface area contributed by atoms with Crippen molar-refractivity contribution < 1.29 is 13.9 Å². The third kappa shape index (κ3) is 3.54. The standard InChI is InChI=1S/C14H15NO3S/c1-2-17-14(16)12-8-10(15)5-6-13(12)19-9-11-4-3-7-18-11/h3-8H,2,9,15H2,1H3. The minimum absolute atomic E-state index is 0.343. The van der Waals surface area contributed by atoms with Crippen molar-refractivity contribution in [2.75, 3.05) is 12.3 Å². The predicted octanol–water partition coefficient (Wildman–Crippen LogP) is 3.33. The average Bonchev–Trinajstić information content (AvgIpc) is 2.90. The highest BCUT2D eigenvalue weighted by atomic mass is 32.2. The predicted molar refractivity (Wildman–Crippen MR) is 75.1 cm³/mol. The first-order valence-electron chi connectivity index (χ1n) is 5.92. The van der Waals surface area contributed by atoms with Crippen LogP contribution in [0.2, 0.25) is 0 Å². The average molecular weight is 277 g/mol. The number of benzene rings is 1. The monoisotopic (exact) mass is 277 g/mol. The van der Waals surface area contributed by atoms with Crippen molar-refractivity contribution in [3.8, 4) is 0 Å². The molecule has 0 fully saturated rings. The van der Waals surface area contributed by atoms with E-state index in [4.69, 9.17) is 14.9 Å². The molecule has 1 aromatic heterocycles. The third-order valence-electron chi connectivity index (χ3n) is 2.45. The first kappa shape index (κ1) is 13.5. The molecule has 0 spiro atoms. The molecule has 0 aliphatic rings. The van der Waals surface area contributed by atoms with Gasteiger partial charge in [-0.15, -0.1) is 11.8 Å². The number of hydrogen-bond donors (Lipinski definition) is 1. The van der Waals surface area contributed by atoms with Crippen LogP contribution in [0.15, 0.2) is 45.9 Å². The molecule has 2 N–H and O–H groups in total. The summed E-state index contributed by atoms with van der Waals surface area (Å²) in [6.07, 6.45) is 1.63. The van der Waals surface area contributed by atoms with E-state index in [1.54, 1.807) is 25.3 Å². The van der Waals surface area contributed by atoms with Crippen LogP contribution in [-0.4, -0.2) is 12.6 Å². The molecule has 0 bridgehead atoms. The quantitative estimate of drug-likeness (QED) is 0.516. The van der Waals surface area contributed by atoms with Gasteiger partial charge in [-0.05, 0) is 37.3 Å². The number of esters is 1. The van der Waals surface area contributed by atoms with Gasteiger partial charge in [0.15, 0.2) is 0 Å². The van der Waals surface area contributed by atoms with Gasteiger partial charge in [-0.1, -0.05) is 0 Å². The fourth-order valence-electron chi connectivity index (χ4n) is 1.59. The van der Waals surface area contributed by atoms with Gasteiger partial charge < -0.3 is 14.9 Å². The number of carbonyl (C=O) groups is 1. The molecule has 2 aromatic rings.